The zero-order chi connectivity index (χ0) is 23.9. The minimum absolute atomic E-state index is 0.252. The number of piperazine rings is 1. The molecule has 2 fully saturated rings. The number of allylic oxidation sites excluding steroid dienone is 1. The van der Waals surface area contributed by atoms with E-state index in [-0.39, 0.29) is 5.97 Å². The monoisotopic (exact) mass is 478 g/mol. The summed E-state index contributed by atoms with van der Waals surface area (Å²) in [5.74, 6) is 1.21. The molecule has 4 aliphatic rings. The van der Waals surface area contributed by atoms with Crippen molar-refractivity contribution in [3.8, 4) is 0 Å². The molecular weight excluding hydrogens is 444 g/mol. The smallest absolute Gasteiger partial charge is 0.338 e. The lowest BCUT2D eigenvalue weighted by Gasteiger charge is -2.58. The Morgan fingerprint density at radius 3 is 2.32 bits per heavy atom. The molecule has 180 valence electrons. The van der Waals surface area contributed by atoms with Crippen LogP contribution in [-0.4, -0.2) is 50.2 Å². The number of fused-ring (bicyclic) bond motifs is 1. The molecular formula is C29H35ClN2O2. The molecule has 2 atom stereocenters. The fourth-order valence-corrected chi connectivity index (χ4v) is 6.27. The summed E-state index contributed by atoms with van der Waals surface area (Å²) in [5.41, 5.74) is 6.76. The molecule has 3 aliphatic carbocycles. The van der Waals surface area contributed by atoms with Crippen molar-refractivity contribution in [2.45, 2.75) is 33.6 Å². The molecule has 2 aromatic rings. The van der Waals surface area contributed by atoms with Gasteiger partial charge in [0.2, 0.25) is 0 Å². The molecule has 2 aromatic carbocycles. The summed E-state index contributed by atoms with van der Waals surface area (Å²) >= 11 is 6.20. The van der Waals surface area contributed by atoms with E-state index in [2.05, 4.69) is 35.8 Å². The van der Waals surface area contributed by atoms with E-state index in [1.165, 1.54) is 24.1 Å². The first kappa shape index (κ1) is 23.4. The number of benzene rings is 2. The highest BCUT2D eigenvalue weighted by atomic mass is 35.5. The summed E-state index contributed by atoms with van der Waals surface area (Å²) < 4.78 is 5.10. The van der Waals surface area contributed by atoms with Gasteiger partial charge >= 0.3 is 5.97 Å². The van der Waals surface area contributed by atoms with Crippen LogP contribution >= 0.6 is 11.6 Å². The van der Waals surface area contributed by atoms with Crippen LogP contribution in [0.25, 0.3) is 5.57 Å². The number of carbonyl (C=O) groups is 1. The summed E-state index contributed by atoms with van der Waals surface area (Å²) in [6.07, 6.45) is 2.54. The molecule has 1 aliphatic heterocycles. The van der Waals surface area contributed by atoms with Crippen molar-refractivity contribution in [3.05, 3.63) is 70.3 Å². The fourth-order valence-electron chi connectivity index (χ4n) is 6.15. The van der Waals surface area contributed by atoms with Crippen LogP contribution in [0.5, 0.6) is 0 Å². The molecule has 0 radical (unpaired) electrons. The van der Waals surface area contributed by atoms with Gasteiger partial charge in [0.15, 0.2) is 0 Å². The Morgan fingerprint density at radius 2 is 1.71 bits per heavy atom. The van der Waals surface area contributed by atoms with Crippen LogP contribution in [0.1, 0.15) is 49.5 Å². The standard InChI is InChI=1S/C29H35ClN2O2/c1-4-34-28(33)21-7-11-25(12-8-21)32-15-13-31(14-16-32)19-22-17-23-18-26(29(23,2)3)27(22)20-5-9-24(30)10-6-20/h5-12,23,26H,4,13-19H2,1-3H3/t23-,26?/m0/s1. The maximum Gasteiger partial charge on any atom is 0.338 e. The van der Waals surface area contributed by atoms with E-state index in [1.807, 2.05) is 43.3 Å². The van der Waals surface area contributed by atoms with Gasteiger partial charge in [-0.25, -0.2) is 4.79 Å². The highest BCUT2D eigenvalue weighted by molar-refractivity contribution is 6.30. The van der Waals surface area contributed by atoms with Gasteiger partial charge < -0.3 is 9.64 Å². The molecule has 1 saturated carbocycles. The SMILES string of the molecule is CCOC(=O)c1ccc(N2CCN(CC3=C(c4ccc(Cl)cc4)C4C[C@H](C3)C4(C)C)CC2)cc1. The van der Waals surface area contributed by atoms with Crippen molar-refractivity contribution in [3.63, 3.8) is 0 Å². The maximum absolute atomic E-state index is 11.9. The summed E-state index contributed by atoms with van der Waals surface area (Å²) in [4.78, 5) is 17.0. The van der Waals surface area contributed by atoms with Gasteiger partial charge in [-0.05, 0) is 84.6 Å². The third-order valence-corrected chi connectivity index (χ3v) is 8.63. The van der Waals surface area contributed by atoms with E-state index in [0.717, 1.165) is 43.7 Å². The van der Waals surface area contributed by atoms with Gasteiger partial charge in [0, 0.05) is 43.4 Å². The Bertz CT molecular complexity index is 1070. The van der Waals surface area contributed by atoms with Gasteiger partial charge in [-0.3, -0.25) is 4.90 Å². The molecule has 6 rings (SSSR count). The fraction of sp³-hybridized carbons (Fsp3) is 0.483. The number of esters is 1. The van der Waals surface area contributed by atoms with Crippen LogP contribution in [0, 0.1) is 17.3 Å². The Hall–Kier alpha value is -2.30. The Morgan fingerprint density at radius 1 is 1.03 bits per heavy atom. The van der Waals surface area contributed by atoms with Crippen molar-refractivity contribution in [2.75, 3.05) is 44.2 Å². The highest BCUT2D eigenvalue weighted by Gasteiger charge is 2.53. The van der Waals surface area contributed by atoms with E-state index < -0.39 is 0 Å². The summed E-state index contributed by atoms with van der Waals surface area (Å²) in [6.45, 7) is 12.3. The third-order valence-electron chi connectivity index (χ3n) is 8.38. The van der Waals surface area contributed by atoms with E-state index in [9.17, 15) is 4.79 Å². The van der Waals surface area contributed by atoms with Crippen LogP contribution in [0.2, 0.25) is 5.02 Å². The van der Waals surface area contributed by atoms with Crippen LogP contribution in [0.4, 0.5) is 5.69 Å². The Balaban J connectivity index is 1.27. The van der Waals surface area contributed by atoms with Crippen LogP contribution in [0.15, 0.2) is 54.1 Å². The van der Waals surface area contributed by atoms with E-state index >= 15 is 0 Å². The van der Waals surface area contributed by atoms with Gasteiger partial charge in [-0.15, -0.1) is 0 Å². The zero-order valence-corrected chi connectivity index (χ0v) is 21.3. The van der Waals surface area contributed by atoms with Gasteiger partial charge in [-0.1, -0.05) is 43.2 Å². The minimum atomic E-state index is -0.252. The van der Waals surface area contributed by atoms with Crippen molar-refractivity contribution in [1.29, 1.82) is 0 Å². The normalized spacial score (nSPS) is 24.1. The third kappa shape index (κ3) is 4.38. The predicted octanol–water partition coefficient (Wildman–Crippen LogP) is 6.16. The minimum Gasteiger partial charge on any atom is -0.462 e. The molecule has 4 nitrogen and oxygen atoms in total. The number of hydrogen-bond acceptors (Lipinski definition) is 4. The number of hydrogen-bond donors (Lipinski definition) is 0. The van der Waals surface area contributed by atoms with Gasteiger partial charge in [0.1, 0.15) is 0 Å². The molecule has 1 unspecified atom stereocenters. The lowest BCUT2D eigenvalue weighted by atomic mass is 9.46. The molecule has 5 heteroatoms. The second-order valence-electron chi connectivity index (χ2n) is 10.6. The quantitative estimate of drug-likeness (QED) is 0.465. The second-order valence-corrected chi connectivity index (χ2v) is 11.0. The zero-order valence-electron chi connectivity index (χ0n) is 20.5. The van der Waals surface area contributed by atoms with E-state index in [0.29, 0.717) is 23.5 Å². The highest BCUT2D eigenvalue weighted by Crippen LogP contribution is 2.63. The van der Waals surface area contributed by atoms with Gasteiger partial charge in [-0.2, -0.15) is 0 Å². The van der Waals surface area contributed by atoms with Gasteiger partial charge in [0.25, 0.3) is 0 Å². The van der Waals surface area contributed by atoms with Crippen molar-refractivity contribution >= 4 is 28.8 Å². The van der Waals surface area contributed by atoms with E-state index in [1.54, 1.807) is 11.1 Å². The number of anilines is 1. The number of carbonyl (C=O) groups excluding carboxylic acids is 1. The van der Waals surface area contributed by atoms with Crippen molar-refractivity contribution in [1.82, 2.24) is 4.90 Å². The molecule has 1 saturated heterocycles. The maximum atomic E-state index is 11.9. The van der Waals surface area contributed by atoms with Crippen molar-refractivity contribution in [2.24, 2.45) is 17.3 Å². The predicted molar refractivity (Wildman–Crippen MR) is 139 cm³/mol. The summed E-state index contributed by atoms with van der Waals surface area (Å²) in [7, 11) is 0. The average Bonchev–Trinajstić information content (AvgIpc) is 2.85. The van der Waals surface area contributed by atoms with E-state index in [4.69, 9.17) is 16.3 Å². The summed E-state index contributed by atoms with van der Waals surface area (Å²) in [5, 5.41) is 0.805. The Labute approximate surface area is 208 Å². The van der Waals surface area contributed by atoms with Crippen LogP contribution in [-0.2, 0) is 4.74 Å². The summed E-state index contributed by atoms with van der Waals surface area (Å²) in [6, 6.07) is 16.3. The number of ether oxygens (including phenoxy) is 1. The molecule has 0 amide bonds. The first-order valence-corrected chi connectivity index (χ1v) is 13.0. The lowest BCUT2D eigenvalue weighted by Crippen LogP contribution is -2.51. The number of halogens is 1. The van der Waals surface area contributed by atoms with Crippen LogP contribution in [0.3, 0.4) is 0 Å². The largest absolute Gasteiger partial charge is 0.462 e. The first-order valence-electron chi connectivity index (χ1n) is 12.6. The molecule has 34 heavy (non-hydrogen) atoms. The van der Waals surface area contributed by atoms with Crippen LogP contribution < -0.4 is 4.90 Å². The molecule has 0 N–H and O–H groups in total. The Kier molecular flexibility index (Phi) is 6.47. The van der Waals surface area contributed by atoms with Crippen molar-refractivity contribution < 1.29 is 9.53 Å². The number of rotatable bonds is 6. The molecule has 0 spiro atoms. The topological polar surface area (TPSA) is 32.8 Å². The average molecular weight is 479 g/mol. The number of nitrogens with zero attached hydrogens (tertiary/aromatic N) is 2. The molecule has 0 aromatic heterocycles. The lowest BCUT2D eigenvalue weighted by molar-refractivity contribution is 0.00556. The molecule has 2 bridgehead atoms. The van der Waals surface area contributed by atoms with Gasteiger partial charge in [0.05, 0.1) is 12.2 Å². The molecule has 1 heterocycles. The first-order chi connectivity index (χ1) is 16.4. The second kappa shape index (κ2) is 9.39.